The molecule has 0 radical (unpaired) electrons. The Hall–Kier alpha value is -3.20. The molecule has 2 aromatic rings. The second-order valence-corrected chi connectivity index (χ2v) is 7.56. The van der Waals surface area contributed by atoms with Crippen molar-refractivity contribution >= 4 is 29.2 Å². The van der Waals surface area contributed by atoms with Crippen molar-refractivity contribution in [2.45, 2.75) is 31.9 Å². The summed E-state index contributed by atoms with van der Waals surface area (Å²) in [5, 5.41) is 19.4. The zero-order chi connectivity index (χ0) is 23.6. The molecule has 0 spiro atoms. The normalized spacial score (nSPS) is 14.3. The molecule has 1 aliphatic carbocycles. The van der Waals surface area contributed by atoms with Crippen LogP contribution in [0.15, 0.2) is 47.7 Å². The highest BCUT2D eigenvalue weighted by atomic mass is 35.5. The second kappa shape index (κ2) is 9.12. The summed E-state index contributed by atoms with van der Waals surface area (Å²) in [7, 11) is 0. The van der Waals surface area contributed by atoms with E-state index in [4.69, 9.17) is 22.1 Å². The number of carboxylic acids is 1. The number of carboxylic acid groups (broad SMARTS) is 1. The minimum Gasteiger partial charge on any atom is -0.478 e. The van der Waals surface area contributed by atoms with Crippen molar-refractivity contribution in [2.24, 2.45) is 0 Å². The zero-order valence-corrected chi connectivity index (χ0v) is 17.2. The van der Waals surface area contributed by atoms with E-state index in [-0.39, 0.29) is 39.6 Å². The minimum absolute atomic E-state index is 0.174. The summed E-state index contributed by atoms with van der Waals surface area (Å²) < 4.78 is 54.5. The summed E-state index contributed by atoms with van der Waals surface area (Å²) in [6.07, 6.45) is -3.00. The summed E-state index contributed by atoms with van der Waals surface area (Å²) in [5.41, 5.74) is -2.18. The summed E-state index contributed by atoms with van der Waals surface area (Å²) in [5.74, 6) is -3.33. The lowest BCUT2D eigenvalue weighted by atomic mass is 9.89. The zero-order valence-electron chi connectivity index (χ0n) is 16.4. The molecule has 10 heteroatoms. The van der Waals surface area contributed by atoms with Gasteiger partial charge in [-0.05, 0) is 61.6 Å². The first-order valence-corrected chi connectivity index (χ1v) is 9.89. The lowest BCUT2D eigenvalue weighted by Gasteiger charge is -2.23. The third kappa shape index (κ3) is 4.83. The summed E-state index contributed by atoms with van der Waals surface area (Å²) in [4.78, 5) is 23.8. The maximum atomic E-state index is 14.5. The molecule has 2 aromatic carbocycles. The Morgan fingerprint density at radius 3 is 2.41 bits per heavy atom. The Morgan fingerprint density at radius 1 is 1.09 bits per heavy atom. The Kier molecular flexibility index (Phi) is 6.68. The average molecular weight is 469 g/mol. The topological polar surface area (TPSA) is 90.3 Å². The van der Waals surface area contributed by atoms with Crippen LogP contribution >= 0.6 is 11.6 Å². The van der Waals surface area contributed by atoms with Gasteiger partial charge in [0.2, 0.25) is 0 Å². The first-order valence-electron chi connectivity index (χ1n) is 9.52. The van der Waals surface area contributed by atoms with E-state index in [1.54, 1.807) is 0 Å². The van der Waals surface area contributed by atoms with Crippen LogP contribution in [0, 0.1) is 11.2 Å². The Morgan fingerprint density at radius 2 is 1.78 bits per heavy atom. The summed E-state index contributed by atoms with van der Waals surface area (Å²) in [6, 6.07) is 6.09. The molecule has 0 bridgehead atoms. The number of rotatable bonds is 5. The molecule has 0 heterocycles. The van der Waals surface area contributed by atoms with E-state index in [1.165, 1.54) is 6.07 Å². The molecule has 0 saturated carbocycles. The minimum atomic E-state index is -4.80. The summed E-state index contributed by atoms with van der Waals surface area (Å²) in [6.45, 7) is 0. The highest BCUT2D eigenvalue weighted by molar-refractivity contribution is 6.34. The van der Waals surface area contributed by atoms with E-state index in [0.717, 1.165) is 30.3 Å². The molecule has 0 unspecified atom stereocenters. The largest absolute Gasteiger partial charge is 0.478 e. The van der Waals surface area contributed by atoms with Crippen molar-refractivity contribution in [1.82, 2.24) is 5.32 Å². The van der Waals surface area contributed by atoms with E-state index < -0.39 is 35.0 Å². The number of amides is 1. The highest BCUT2D eigenvalue weighted by Crippen LogP contribution is 2.35. The van der Waals surface area contributed by atoms with Gasteiger partial charge in [0.1, 0.15) is 5.82 Å². The number of carbonyl (C=O) groups is 2. The van der Waals surface area contributed by atoms with Crippen molar-refractivity contribution in [3.63, 3.8) is 0 Å². The fourth-order valence-electron chi connectivity index (χ4n) is 3.52. The number of hydrogen-bond acceptors (Lipinski definition) is 3. The van der Waals surface area contributed by atoms with Crippen molar-refractivity contribution in [3.8, 4) is 0 Å². The average Bonchev–Trinajstić information content (AvgIpc) is 2.72. The number of nitrogens with one attached hydrogen (secondary N) is 2. The smallest absolute Gasteiger partial charge is 0.417 e. The standard InChI is InChI=1S/C22H17ClF4N2O3/c23-15-6-3-5-14(22(25,26)27)18(15)20(30)29-17-7-2-1-4-13(17)19(28)12-9-8-11(21(31)32)10-16(12)24/h3,5-6,8-10,28H,1-2,4,7H2,(H,29,30)(H,31,32). The van der Waals surface area contributed by atoms with Crippen LogP contribution in [0.25, 0.3) is 0 Å². The quantitative estimate of drug-likeness (QED) is 0.381. The monoisotopic (exact) mass is 468 g/mol. The van der Waals surface area contributed by atoms with Crippen molar-refractivity contribution in [1.29, 1.82) is 5.41 Å². The predicted octanol–water partition coefficient (Wildman–Crippen LogP) is 5.82. The highest BCUT2D eigenvalue weighted by Gasteiger charge is 2.36. The fraction of sp³-hybridized carbons (Fsp3) is 0.227. The van der Waals surface area contributed by atoms with Gasteiger partial charge in [-0.2, -0.15) is 13.2 Å². The van der Waals surface area contributed by atoms with Crippen LogP contribution in [0.2, 0.25) is 5.02 Å². The predicted molar refractivity (Wildman–Crippen MR) is 110 cm³/mol. The number of alkyl halides is 3. The first-order chi connectivity index (χ1) is 15.0. The molecule has 3 N–H and O–H groups in total. The van der Waals surface area contributed by atoms with E-state index >= 15 is 0 Å². The van der Waals surface area contributed by atoms with Gasteiger partial charge in [-0.25, -0.2) is 9.18 Å². The number of carbonyl (C=O) groups excluding carboxylic acids is 1. The molecule has 0 atom stereocenters. The number of allylic oxidation sites excluding steroid dienone is 2. The fourth-order valence-corrected chi connectivity index (χ4v) is 3.78. The van der Waals surface area contributed by atoms with Crippen LogP contribution in [0.5, 0.6) is 0 Å². The van der Waals surface area contributed by atoms with Crippen LogP contribution in [-0.4, -0.2) is 22.7 Å². The van der Waals surface area contributed by atoms with Gasteiger partial charge >= 0.3 is 12.1 Å². The first kappa shape index (κ1) is 23.5. The van der Waals surface area contributed by atoms with Gasteiger partial charge in [-0.15, -0.1) is 0 Å². The molecule has 3 rings (SSSR count). The van der Waals surface area contributed by atoms with Gasteiger partial charge in [0.15, 0.2) is 0 Å². The van der Waals surface area contributed by atoms with Gasteiger partial charge in [-0.3, -0.25) is 10.2 Å². The van der Waals surface area contributed by atoms with Crippen LogP contribution in [0.1, 0.15) is 57.5 Å². The molecule has 0 fully saturated rings. The maximum Gasteiger partial charge on any atom is 0.417 e. The molecule has 168 valence electrons. The molecule has 32 heavy (non-hydrogen) atoms. The second-order valence-electron chi connectivity index (χ2n) is 7.15. The molecule has 0 saturated heterocycles. The molecule has 1 amide bonds. The number of aromatic carboxylic acids is 1. The Labute approximate surface area is 185 Å². The van der Waals surface area contributed by atoms with Gasteiger partial charge in [0.05, 0.1) is 27.4 Å². The molecular weight excluding hydrogens is 452 g/mol. The van der Waals surface area contributed by atoms with Crippen molar-refractivity contribution in [3.05, 3.63) is 80.8 Å². The van der Waals surface area contributed by atoms with Gasteiger partial charge in [-0.1, -0.05) is 17.7 Å². The lowest BCUT2D eigenvalue weighted by Crippen LogP contribution is -2.29. The van der Waals surface area contributed by atoms with Crippen LogP contribution in [0.4, 0.5) is 17.6 Å². The van der Waals surface area contributed by atoms with Crippen molar-refractivity contribution in [2.75, 3.05) is 0 Å². The number of halogens is 5. The molecule has 5 nitrogen and oxygen atoms in total. The van der Waals surface area contributed by atoms with E-state index in [9.17, 15) is 27.2 Å². The van der Waals surface area contributed by atoms with Crippen molar-refractivity contribution < 1.29 is 32.3 Å². The number of benzene rings is 2. The van der Waals surface area contributed by atoms with Crippen LogP contribution in [0.3, 0.4) is 0 Å². The van der Waals surface area contributed by atoms with Gasteiger partial charge in [0.25, 0.3) is 5.91 Å². The molecular formula is C22H17ClF4N2O3. The van der Waals surface area contributed by atoms with Gasteiger partial charge < -0.3 is 10.4 Å². The molecule has 0 aliphatic heterocycles. The third-order valence-electron chi connectivity index (χ3n) is 5.07. The van der Waals surface area contributed by atoms with Crippen LogP contribution < -0.4 is 5.32 Å². The number of hydrogen-bond donors (Lipinski definition) is 3. The van der Waals surface area contributed by atoms with E-state index in [2.05, 4.69) is 5.32 Å². The SMILES string of the molecule is N=C(C1=C(NC(=O)c2c(Cl)cccc2C(F)(F)F)CCCC1)c1ccc(C(=O)O)cc1F. The van der Waals surface area contributed by atoms with E-state index in [1.807, 2.05) is 0 Å². The molecule has 0 aromatic heterocycles. The molecule has 1 aliphatic rings. The third-order valence-corrected chi connectivity index (χ3v) is 5.38. The Bertz CT molecular complexity index is 1140. The Balaban J connectivity index is 1.98. The summed E-state index contributed by atoms with van der Waals surface area (Å²) >= 11 is 5.89. The van der Waals surface area contributed by atoms with E-state index in [0.29, 0.717) is 19.3 Å². The van der Waals surface area contributed by atoms with Gasteiger partial charge in [0, 0.05) is 11.3 Å². The maximum absolute atomic E-state index is 14.5. The lowest BCUT2D eigenvalue weighted by molar-refractivity contribution is -0.137. The van der Waals surface area contributed by atoms with Crippen LogP contribution in [-0.2, 0) is 6.18 Å².